The fourth-order valence-corrected chi connectivity index (χ4v) is 2.95. The molecular formula is C22H16ClNO4. The van der Waals surface area contributed by atoms with E-state index in [0.29, 0.717) is 33.2 Å². The van der Waals surface area contributed by atoms with Crippen LogP contribution >= 0.6 is 11.6 Å². The second-order valence-corrected chi connectivity index (χ2v) is 6.48. The van der Waals surface area contributed by atoms with Gasteiger partial charge in [0.05, 0.1) is 12.5 Å². The average Bonchev–Trinajstić information content (AvgIpc) is 2.74. The summed E-state index contributed by atoms with van der Waals surface area (Å²) in [6.07, 6.45) is 1.61. The van der Waals surface area contributed by atoms with Gasteiger partial charge in [0.15, 0.2) is 5.76 Å². The molecule has 140 valence electrons. The molecule has 0 aliphatic heterocycles. The highest BCUT2D eigenvalue weighted by molar-refractivity contribution is 6.29. The molecule has 4 aromatic rings. The first kappa shape index (κ1) is 18.1. The summed E-state index contributed by atoms with van der Waals surface area (Å²) >= 11 is 5.82. The number of pyridine rings is 1. The van der Waals surface area contributed by atoms with Crippen molar-refractivity contribution in [3.8, 4) is 22.8 Å². The molecule has 0 N–H and O–H groups in total. The van der Waals surface area contributed by atoms with Gasteiger partial charge in [0, 0.05) is 17.3 Å². The number of para-hydroxylation sites is 1. The number of halogens is 1. The summed E-state index contributed by atoms with van der Waals surface area (Å²) < 4.78 is 17.1. The Morgan fingerprint density at radius 3 is 2.54 bits per heavy atom. The van der Waals surface area contributed by atoms with E-state index < -0.39 is 0 Å². The summed E-state index contributed by atoms with van der Waals surface area (Å²) in [7, 11) is 1.60. The summed E-state index contributed by atoms with van der Waals surface area (Å²) in [6, 6.07) is 17.8. The van der Waals surface area contributed by atoms with Gasteiger partial charge < -0.3 is 13.9 Å². The van der Waals surface area contributed by atoms with Crippen LogP contribution in [0.3, 0.4) is 0 Å². The van der Waals surface area contributed by atoms with Gasteiger partial charge in [-0.25, -0.2) is 4.98 Å². The minimum Gasteiger partial charge on any atom is -0.497 e. The molecule has 0 saturated carbocycles. The molecule has 5 nitrogen and oxygen atoms in total. The van der Waals surface area contributed by atoms with Crippen LogP contribution in [0.4, 0.5) is 0 Å². The molecule has 0 fully saturated rings. The molecule has 0 aliphatic rings. The van der Waals surface area contributed by atoms with Gasteiger partial charge >= 0.3 is 0 Å². The molecule has 2 aromatic heterocycles. The van der Waals surface area contributed by atoms with Crippen LogP contribution in [-0.2, 0) is 6.61 Å². The summed E-state index contributed by atoms with van der Waals surface area (Å²) in [5.41, 5.74) is 1.78. The van der Waals surface area contributed by atoms with Crippen LogP contribution in [0.15, 0.2) is 76.1 Å². The first-order chi connectivity index (χ1) is 13.7. The molecule has 0 radical (unpaired) electrons. The molecule has 6 heteroatoms. The zero-order valence-corrected chi connectivity index (χ0v) is 15.8. The summed E-state index contributed by atoms with van der Waals surface area (Å²) in [4.78, 5) is 17.1. The lowest BCUT2D eigenvalue weighted by Gasteiger charge is -2.12. The number of rotatable bonds is 5. The van der Waals surface area contributed by atoms with E-state index in [2.05, 4.69) is 4.98 Å². The number of aromatic nitrogens is 1. The van der Waals surface area contributed by atoms with Gasteiger partial charge in [0.1, 0.15) is 23.1 Å². The second kappa shape index (κ2) is 7.74. The molecule has 0 atom stereocenters. The van der Waals surface area contributed by atoms with Crippen LogP contribution in [0.1, 0.15) is 5.56 Å². The molecule has 4 rings (SSSR count). The predicted octanol–water partition coefficient (Wildman–Crippen LogP) is 5.10. The van der Waals surface area contributed by atoms with Gasteiger partial charge in [-0.3, -0.25) is 4.79 Å². The number of fused-ring (bicyclic) bond motifs is 1. The Hall–Kier alpha value is -3.31. The summed E-state index contributed by atoms with van der Waals surface area (Å²) in [5, 5.41) is 0.858. The highest BCUT2D eigenvalue weighted by Crippen LogP contribution is 2.32. The van der Waals surface area contributed by atoms with E-state index in [9.17, 15) is 4.79 Å². The van der Waals surface area contributed by atoms with Crippen LogP contribution in [0.25, 0.3) is 22.3 Å². The quantitative estimate of drug-likeness (QED) is 0.441. The highest BCUT2D eigenvalue weighted by Gasteiger charge is 2.18. The SMILES string of the molecule is COc1ccc(-c2oc3ccccc3c(=O)c2OCc2ccc(Cl)nc2)cc1. The van der Waals surface area contributed by atoms with Gasteiger partial charge in [-0.2, -0.15) is 0 Å². The van der Waals surface area contributed by atoms with Gasteiger partial charge in [0.2, 0.25) is 11.2 Å². The van der Waals surface area contributed by atoms with Crippen LogP contribution < -0.4 is 14.9 Å². The lowest BCUT2D eigenvalue weighted by Crippen LogP contribution is -2.10. The fraction of sp³-hybridized carbons (Fsp3) is 0.0909. The minimum atomic E-state index is -0.227. The number of hydrogen-bond donors (Lipinski definition) is 0. The van der Waals surface area contributed by atoms with Crippen molar-refractivity contribution in [2.24, 2.45) is 0 Å². The van der Waals surface area contributed by atoms with Crippen molar-refractivity contribution in [3.05, 3.63) is 87.8 Å². The molecule has 2 heterocycles. The molecule has 0 bridgehead atoms. The Morgan fingerprint density at radius 1 is 1.04 bits per heavy atom. The molecule has 0 spiro atoms. The van der Waals surface area contributed by atoms with Crippen molar-refractivity contribution in [3.63, 3.8) is 0 Å². The van der Waals surface area contributed by atoms with Crippen molar-refractivity contribution < 1.29 is 13.9 Å². The average molecular weight is 394 g/mol. The molecular weight excluding hydrogens is 378 g/mol. The van der Waals surface area contributed by atoms with E-state index in [1.54, 1.807) is 55.8 Å². The molecule has 0 aliphatic carbocycles. The Morgan fingerprint density at radius 2 is 1.82 bits per heavy atom. The number of benzene rings is 2. The topological polar surface area (TPSA) is 61.6 Å². The van der Waals surface area contributed by atoms with Crippen LogP contribution in [0, 0.1) is 0 Å². The van der Waals surface area contributed by atoms with Crippen LogP contribution in [0.5, 0.6) is 11.5 Å². The molecule has 0 saturated heterocycles. The minimum absolute atomic E-state index is 0.152. The number of methoxy groups -OCH3 is 1. The first-order valence-corrected chi connectivity index (χ1v) is 8.97. The maximum absolute atomic E-state index is 13.1. The smallest absolute Gasteiger partial charge is 0.235 e. The lowest BCUT2D eigenvalue weighted by molar-refractivity contribution is 0.297. The Balaban J connectivity index is 1.80. The van der Waals surface area contributed by atoms with E-state index in [1.807, 2.05) is 18.2 Å². The molecule has 2 aromatic carbocycles. The van der Waals surface area contributed by atoms with Crippen molar-refractivity contribution >= 4 is 22.6 Å². The zero-order chi connectivity index (χ0) is 19.5. The Bertz CT molecular complexity index is 1170. The van der Waals surface area contributed by atoms with Crippen molar-refractivity contribution in [1.29, 1.82) is 0 Å². The molecule has 0 amide bonds. The highest BCUT2D eigenvalue weighted by atomic mass is 35.5. The van der Waals surface area contributed by atoms with E-state index in [-0.39, 0.29) is 17.8 Å². The van der Waals surface area contributed by atoms with Crippen molar-refractivity contribution in [2.75, 3.05) is 7.11 Å². The third-order valence-corrected chi connectivity index (χ3v) is 4.50. The van der Waals surface area contributed by atoms with E-state index in [1.165, 1.54) is 0 Å². The first-order valence-electron chi connectivity index (χ1n) is 8.59. The Kier molecular flexibility index (Phi) is 5.00. The van der Waals surface area contributed by atoms with E-state index in [0.717, 1.165) is 5.56 Å². The maximum atomic E-state index is 13.1. The third-order valence-electron chi connectivity index (χ3n) is 4.28. The number of hydrogen-bond acceptors (Lipinski definition) is 5. The van der Waals surface area contributed by atoms with Gasteiger partial charge in [-0.1, -0.05) is 29.8 Å². The van der Waals surface area contributed by atoms with E-state index >= 15 is 0 Å². The second-order valence-electron chi connectivity index (χ2n) is 6.09. The third kappa shape index (κ3) is 3.57. The van der Waals surface area contributed by atoms with Gasteiger partial charge in [-0.05, 0) is 42.5 Å². The summed E-state index contributed by atoms with van der Waals surface area (Å²) in [5.74, 6) is 1.23. The monoisotopic (exact) mass is 393 g/mol. The zero-order valence-electron chi connectivity index (χ0n) is 15.0. The fourth-order valence-electron chi connectivity index (χ4n) is 2.84. The van der Waals surface area contributed by atoms with Crippen molar-refractivity contribution in [1.82, 2.24) is 4.98 Å². The van der Waals surface area contributed by atoms with Gasteiger partial charge in [0.25, 0.3) is 0 Å². The standard InChI is InChI=1S/C22H16ClNO4/c1-26-16-9-7-15(8-10-16)21-22(27-13-14-6-11-19(23)24-12-14)20(25)17-4-2-3-5-18(17)28-21/h2-12H,13H2,1H3. The summed E-state index contributed by atoms with van der Waals surface area (Å²) in [6.45, 7) is 0.163. The molecule has 0 unspecified atom stereocenters. The van der Waals surface area contributed by atoms with Crippen LogP contribution in [0.2, 0.25) is 5.15 Å². The normalized spacial score (nSPS) is 10.8. The largest absolute Gasteiger partial charge is 0.497 e. The van der Waals surface area contributed by atoms with Crippen LogP contribution in [-0.4, -0.2) is 12.1 Å². The van der Waals surface area contributed by atoms with Gasteiger partial charge in [-0.15, -0.1) is 0 Å². The Labute approximate surface area is 166 Å². The maximum Gasteiger partial charge on any atom is 0.235 e. The van der Waals surface area contributed by atoms with E-state index in [4.69, 9.17) is 25.5 Å². The number of ether oxygens (including phenoxy) is 2. The number of nitrogens with zero attached hydrogens (tertiary/aromatic N) is 1. The molecule has 28 heavy (non-hydrogen) atoms. The van der Waals surface area contributed by atoms with Crippen molar-refractivity contribution in [2.45, 2.75) is 6.61 Å². The predicted molar refractivity (Wildman–Crippen MR) is 108 cm³/mol. The lowest BCUT2D eigenvalue weighted by atomic mass is 10.1.